The summed E-state index contributed by atoms with van der Waals surface area (Å²) in [6.45, 7) is 4.19. The Labute approximate surface area is 201 Å². The Morgan fingerprint density at radius 2 is 1.61 bits per heavy atom. The predicted octanol–water partition coefficient (Wildman–Crippen LogP) is 8.23. The van der Waals surface area contributed by atoms with Gasteiger partial charge in [-0.1, -0.05) is 72.7 Å². The lowest BCUT2D eigenvalue weighted by Gasteiger charge is -2.37. The number of hydrogen-bond acceptors (Lipinski definition) is 5. The Kier molecular flexibility index (Phi) is 6.86. The molecule has 0 spiro atoms. The summed E-state index contributed by atoms with van der Waals surface area (Å²) in [5.74, 6) is 5.11. The summed E-state index contributed by atoms with van der Waals surface area (Å²) in [5.41, 5.74) is 2.19. The molecule has 2 saturated carbocycles. The summed E-state index contributed by atoms with van der Waals surface area (Å²) in [6, 6.07) is 7.61. The zero-order valence-electron chi connectivity index (χ0n) is 19.7. The van der Waals surface area contributed by atoms with Crippen LogP contribution >= 0.6 is 11.6 Å². The van der Waals surface area contributed by atoms with Crippen molar-refractivity contribution < 1.29 is 9.05 Å². The van der Waals surface area contributed by atoms with Crippen molar-refractivity contribution in [1.29, 1.82) is 0 Å². The lowest BCUT2D eigenvalue weighted by molar-refractivity contribution is 0.155. The zero-order chi connectivity index (χ0) is 22.8. The van der Waals surface area contributed by atoms with Crippen molar-refractivity contribution in [1.82, 2.24) is 15.3 Å². The van der Waals surface area contributed by atoms with Crippen LogP contribution in [0.25, 0.3) is 22.7 Å². The lowest BCUT2D eigenvalue weighted by atomic mass is 9.68. The van der Waals surface area contributed by atoms with Crippen LogP contribution in [0.1, 0.15) is 88.6 Å². The van der Waals surface area contributed by atoms with Crippen molar-refractivity contribution in [3.8, 4) is 22.7 Å². The molecule has 5 nitrogen and oxygen atoms in total. The van der Waals surface area contributed by atoms with Gasteiger partial charge < -0.3 is 9.05 Å². The Morgan fingerprint density at radius 1 is 0.909 bits per heavy atom. The van der Waals surface area contributed by atoms with Gasteiger partial charge in [0.1, 0.15) is 17.0 Å². The van der Waals surface area contributed by atoms with E-state index in [1.807, 2.05) is 31.2 Å². The minimum atomic E-state index is 0.374. The third-order valence-electron chi connectivity index (χ3n) is 8.04. The van der Waals surface area contributed by atoms with Gasteiger partial charge in [-0.2, -0.15) is 4.98 Å². The van der Waals surface area contributed by atoms with Crippen LogP contribution in [0.5, 0.6) is 0 Å². The van der Waals surface area contributed by atoms with E-state index >= 15 is 0 Å². The Morgan fingerprint density at radius 3 is 2.30 bits per heavy atom. The normalized spacial score (nSPS) is 25.9. The van der Waals surface area contributed by atoms with Gasteiger partial charge in [0.25, 0.3) is 5.89 Å². The van der Waals surface area contributed by atoms with Gasteiger partial charge in [-0.05, 0) is 69.3 Å². The van der Waals surface area contributed by atoms with E-state index in [0.717, 1.165) is 47.5 Å². The first kappa shape index (κ1) is 22.6. The molecule has 6 heteroatoms. The van der Waals surface area contributed by atoms with Crippen molar-refractivity contribution in [3.63, 3.8) is 0 Å². The third-order valence-corrected chi connectivity index (χ3v) is 8.37. The van der Waals surface area contributed by atoms with Crippen molar-refractivity contribution in [2.75, 3.05) is 0 Å². The lowest BCUT2D eigenvalue weighted by Crippen LogP contribution is -2.25. The highest BCUT2D eigenvalue weighted by Gasteiger charge is 2.33. The number of aryl methyl sites for hydroxylation is 1. The minimum Gasteiger partial charge on any atom is -0.360 e. The highest BCUT2D eigenvalue weighted by molar-refractivity contribution is 6.33. The van der Waals surface area contributed by atoms with Gasteiger partial charge in [-0.25, -0.2) is 0 Å². The first-order valence-electron chi connectivity index (χ1n) is 12.7. The van der Waals surface area contributed by atoms with Crippen LogP contribution in [-0.4, -0.2) is 15.3 Å². The minimum absolute atomic E-state index is 0.374. The third kappa shape index (κ3) is 4.75. The largest absolute Gasteiger partial charge is 0.360 e. The summed E-state index contributed by atoms with van der Waals surface area (Å²) < 4.78 is 11.2. The van der Waals surface area contributed by atoms with Crippen molar-refractivity contribution in [2.45, 2.75) is 84.0 Å². The number of hydrogen-bond donors (Lipinski definition) is 0. The van der Waals surface area contributed by atoms with Gasteiger partial charge in [-0.3, -0.25) is 0 Å². The van der Waals surface area contributed by atoms with E-state index in [0.29, 0.717) is 28.3 Å². The molecule has 2 fully saturated rings. The van der Waals surface area contributed by atoms with Gasteiger partial charge in [0.2, 0.25) is 0 Å². The van der Waals surface area contributed by atoms with E-state index < -0.39 is 0 Å². The van der Waals surface area contributed by atoms with Crippen molar-refractivity contribution in [2.24, 2.45) is 17.8 Å². The van der Waals surface area contributed by atoms with Crippen LogP contribution in [0.15, 0.2) is 33.3 Å². The maximum Gasteiger partial charge on any atom is 0.263 e. The molecule has 0 aliphatic heterocycles. The summed E-state index contributed by atoms with van der Waals surface area (Å²) in [6.07, 6.45) is 13.4. The first-order valence-corrected chi connectivity index (χ1v) is 13.1. The molecule has 5 rings (SSSR count). The van der Waals surface area contributed by atoms with Crippen molar-refractivity contribution >= 4 is 11.6 Å². The van der Waals surface area contributed by atoms with Gasteiger partial charge in [0, 0.05) is 11.5 Å². The predicted molar refractivity (Wildman–Crippen MR) is 130 cm³/mol. The molecule has 2 aromatic heterocycles. The smallest absolute Gasteiger partial charge is 0.263 e. The molecule has 3 aromatic rings. The topological polar surface area (TPSA) is 65.0 Å². The van der Waals surface area contributed by atoms with Crippen LogP contribution < -0.4 is 0 Å². The number of rotatable bonds is 6. The van der Waals surface area contributed by atoms with Gasteiger partial charge in [-0.15, -0.1) is 0 Å². The molecular weight excluding hydrogens is 434 g/mol. The molecule has 0 atom stereocenters. The fourth-order valence-corrected chi connectivity index (χ4v) is 6.39. The second-order valence-electron chi connectivity index (χ2n) is 10.1. The molecule has 0 bridgehead atoms. The standard InChI is InChI=1S/C27H34ClN3O2/c1-3-6-18-9-11-19(12-10-18)20-13-15-21(16-14-20)26-29-27(33-31-26)24-17(2)32-30-25(24)22-7-4-5-8-23(22)28/h4-5,7-8,18-21H,3,6,9-16H2,1-2H3. The monoisotopic (exact) mass is 467 g/mol. The fourth-order valence-electron chi connectivity index (χ4n) is 6.17. The molecule has 176 valence electrons. The first-order chi connectivity index (χ1) is 16.1. The number of benzene rings is 1. The molecule has 33 heavy (non-hydrogen) atoms. The Hall–Kier alpha value is -2.14. The average Bonchev–Trinajstić information content (AvgIpc) is 3.47. The molecule has 0 unspecified atom stereocenters. The van der Waals surface area contributed by atoms with Gasteiger partial charge in [0.15, 0.2) is 5.82 Å². The maximum atomic E-state index is 6.41. The Bertz CT molecular complexity index is 1060. The number of halogens is 1. The number of aromatic nitrogens is 3. The quantitative estimate of drug-likeness (QED) is 0.365. The van der Waals surface area contributed by atoms with E-state index in [2.05, 4.69) is 17.2 Å². The fraction of sp³-hybridized carbons (Fsp3) is 0.593. The summed E-state index contributed by atoms with van der Waals surface area (Å²) in [4.78, 5) is 4.80. The average molecular weight is 468 g/mol. The van der Waals surface area contributed by atoms with Gasteiger partial charge >= 0.3 is 0 Å². The molecule has 0 amide bonds. The molecular formula is C27H34ClN3O2. The second-order valence-corrected chi connectivity index (χ2v) is 10.5. The molecule has 2 aliphatic rings. The van der Waals surface area contributed by atoms with E-state index in [-0.39, 0.29) is 0 Å². The zero-order valence-corrected chi connectivity index (χ0v) is 20.5. The molecule has 0 N–H and O–H groups in total. The van der Waals surface area contributed by atoms with E-state index in [1.165, 1.54) is 51.4 Å². The van der Waals surface area contributed by atoms with E-state index in [4.69, 9.17) is 25.6 Å². The molecule has 0 saturated heterocycles. The number of nitrogens with zero attached hydrogens (tertiary/aromatic N) is 3. The highest BCUT2D eigenvalue weighted by Crippen LogP contribution is 2.44. The molecule has 0 radical (unpaired) electrons. The van der Waals surface area contributed by atoms with E-state index in [1.54, 1.807) is 0 Å². The Balaban J connectivity index is 1.25. The molecule has 1 aromatic carbocycles. The van der Waals surface area contributed by atoms with Crippen LogP contribution in [-0.2, 0) is 0 Å². The highest BCUT2D eigenvalue weighted by atomic mass is 35.5. The van der Waals surface area contributed by atoms with Crippen LogP contribution in [0.3, 0.4) is 0 Å². The second kappa shape index (κ2) is 10.0. The van der Waals surface area contributed by atoms with Crippen LogP contribution in [0.2, 0.25) is 5.02 Å². The molecule has 2 heterocycles. The van der Waals surface area contributed by atoms with E-state index in [9.17, 15) is 0 Å². The summed E-state index contributed by atoms with van der Waals surface area (Å²) in [5, 5.41) is 9.23. The summed E-state index contributed by atoms with van der Waals surface area (Å²) >= 11 is 6.41. The van der Waals surface area contributed by atoms with Gasteiger partial charge in [0.05, 0.1) is 5.02 Å². The van der Waals surface area contributed by atoms with Crippen LogP contribution in [0.4, 0.5) is 0 Å². The summed E-state index contributed by atoms with van der Waals surface area (Å²) in [7, 11) is 0. The SMILES string of the molecule is CCCC1CCC(C2CCC(c3noc(-c4c(-c5ccccc5Cl)noc4C)n3)CC2)CC1. The van der Waals surface area contributed by atoms with Crippen molar-refractivity contribution in [3.05, 3.63) is 40.9 Å². The molecule has 2 aliphatic carbocycles. The van der Waals surface area contributed by atoms with Crippen LogP contribution in [0, 0.1) is 24.7 Å². The maximum absolute atomic E-state index is 6.41.